The van der Waals surface area contributed by atoms with Gasteiger partial charge in [-0.15, -0.1) is 0 Å². The van der Waals surface area contributed by atoms with E-state index < -0.39 is 6.03 Å². The zero-order valence-corrected chi connectivity index (χ0v) is 9.48. The van der Waals surface area contributed by atoms with Crippen molar-refractivity contribution in [1.29, 1.82) is 0 Å². The summed E-state index contributed by atoms with van der Waals surface area (Å²) in [7, 11) is 0. The van der Waals surface area contributed by atoms with Gasteiger partial charge in [-0.05, 0) is 18.2 Å². The van der Waals surface area contributed by atoms with E-state index in [9.17, 15) is 4.79 Å². The second-order valence-corrected chi connectivity index (χ2v) is 3.90. The standard InChI is InChI=1S/C8H8BrN3OS/c9-4-1-2-6(12-8(11)13)5(3-4)7(10)14/h1-3H,(H2,10,14)(H3,11,12,13). The van der Waals surface area contributed by atoms with Crippen LogP contribution in [0.4, 0.5) is 10.5 Å². The molecule has 5 N–H and O–H groups in total. The SMILES string of the molecule is NC(=O)Nc1ccc(Br)cc1C(N)=S. The predicted molar refractivity (Wildman–Crippen MR) is 63.2 cm³/mol. The summed E-state index contributed by atoms with van der Waals surface area (Å²) in [5.41, 5.74) is 11.5. The van der Waals surface area contributed by atoms with E-state index in [0.717, 1.165) is 4.47 Å². The molecular formula is C8H8BrN3OS. The second-order valence-electron chi connectivity index (χ2n) is 2.54. The maximum atomic E-state index is 10.6. The number of carbonyl (C=O) groups excluding carboxylic acids is 1. The summed E-state index contributed by atoms with van der Waals surface area (Å²) in [5.74, 6) is 0. The van der Waals surface area contributed by atoms with Gasteiger partial charge in [0, 0.05) is 10.0 Å². The van der Waals surface area contributed by atoms with Gasteiger partial charge in [-0.3, -0.25) is 0 Å². The van der Waals surface area contributed by atoms with E-state index >= 15 is 0 Å². The molecule has 1 aromatic rings. The van der Waals surface area contributed by atoms with E-state index in [1.807, 2.05) is 0 Å². The van der Waals surface area contributed by atoms with Crippen molar-refractivity contribution in [2.24, 2.45) is 11.5 Å². The smallest absolute Gasteiger partial charge is 0.316 e. The van der Waals surface area contributed by atoms with Crippen LogP contribution in [0.5, 0.6) is 0 Å². The summed E-state index contributed by atoms with van der Waals surface area (Å²) < 4.78 is 0.829. The van der Waals surface area contributed by atoms with Crippen molar-refractivity contribution in [2.75, 3.05) is 5.32 Å². The van der Waals surface area contributed by atoms with Crippen LogP contribution < -0.4 is 16.8 Å². The molecule has 1 aromatic carbocycles. The van der Waals surface area contributed by atoms with Gasteiger partial charge in [0.25, 0.3) is 0 Å². The normalized spacial score (nSPS) is 9.50. The molecule has 4 nitrogen and oxygen atoms in total. The van der Waals surface area contributed by atoms with Crippen LogP contribution in [0.25, 0.3) is 0 Å². The minimum absolute atomic E-state index is 0.204. The molecule has 0 atom stereocenters. The number of benzene rings is 1. The van der Waals surface area contributed by atoms with E-state index in [1.54, 1.807) is 18.2 Å². The van der Waals surface area contributed by atoms with Crippen LogP contribution in [0.3, 0.4) is 0 Å². The first-order valence-corrected chi connectivity index (χ1v) is 4.86. The van der Waals surface area contributed by atoms with E-state index in [0.29, 0.717) is 11.3 Å². The van der Waals surface area contributed by atoms with Gasteiger partial charge in [0.15, 0.2) is 0 Å². The fourth-order valence-electron chi connectivity index (χ4n) is 0.962. The Hall–Kier alpha value is -1.14. The van der Waals surface area contributed by atoms with Gasteiger partial charge >= 0.3 is 6.03 Å². The lowest BCUT2D eigenvalue weighted by atomic mass is 10.2. The summed E-state index contributed by atoms with van der Waals surface area (Å²) in [6.07, 6.45) is 0. The Morgan fingerprint density at radius 2 is 2.07 bits per heavy atom. The van der Waals surface area contributed by atoms with E-state index in [2.05, 4.69) is 21.2 Å². The van der Waals surface area contributed by atoms with Crippen molar-refractivity contribution >= 4 is 44.9 Å². The van der Waals surface area contributed by atoms with Crippen molar-refractivity contribution in [1.82, 2.24) is 0 Å². The van der Waals surface area contributed by atoms with Gasteiger partial charge in [0.2, 0.25) is 0 Å². The van der Waals surface area contributed by atoms with Gasteiger partial charge < -0.3 is 16.8 Å². The molecule has 0 radical (unpaired) electrons. The van der Waals surface area contributed by atoms with Gasteiger partial charge in [-0.1, -0.05) is 28.1 Å². The summed E-state index contributed by atoms with van der Waals surface area (Å²) in [6.45, 7) is 0. The monoisotopic (exact) mass is 273 g/mol. The first-order valence-electron chi connectivity index (χ1n) is 3.66. The van der Waals surface area contributed by atoms with Gasteiger partial charge in [-0.2, -0.15) is 0 Å². The quantitative estimate of drug-likeness (QED) is 0.716. The highest BCUT2D eigenvalue weighted by atomic mass is 79.9. The number of carbonyl (C=O) groups is 1. The molecule has 0 saturated heterocycles. The van der Waals surface area contributed by atoms with E-state index in [1.165, 1.54) is 0 Å². The van der Waals surface area contributed by atoms with Crippen LogP contribution in [-0.4, -0.2) is 11.0 Å². The highest BCUT2D eigenvalue weighted by Crippen LogP contribution is 2.20. The molecule has 6 heteroatoms. The zero-order chi connectivity index (χ0) is 10.7. The van der Waals surface area contributed by atoms with Crippen LogP contribution in [0.2, 0.25) is 0 Å². The lowest BCUT2D eigenvalue weighted by Crippen LogP contribution is -2.22. The Morgan fingerprint density at radius 1 is 1.43 bits per heavy atom. The Balaban J connectivity index is 3.14. The molecular weight excluding hydrogens is 266 g/mol. The van der Waals surface area contributed by atoms with Crippen LogP contribution >= 0.6 is 28.1 Å². The molecule has 0 spiro atoms. The van der Waals surface area contributed by atoms with Gasteiger partial charge in [0.05, 0.1) is 5.69 Å². The molecule has 0 aromatic heterocycles. The fraction of sp³-hybridized carbons (Fsp3) is 0. The molecule has 0 aliphatic carbocycles. The molecule has 2 amide bonds. The number of hydrogen-bond acceptors (Lipinski definition) is 2. The highest BCUT2D eigenvalue weighted by molar-refractivity contribution is 9.10. The van der Waals surface area contributed by atoms with Crippen molar-refractivity contribution < 1.29 is 4.79 Å². The molecule has 0 unspecified atom stereocenters. The predicted octanol–water partition coefficient (Wildman–Crippen LogP) is 1.57. The van der Waals surface area contributed by atoms with E-state index in [4.69, 9.17) is 23.7 Å². The molecule has 0 aliphatic heterocycles. The third kappa shape index (κ3) is 2.68. The summed E-state index contributed by atoms with van der Waals surface area (Å²) in [4.78, 5) is 10.8. The summed E-state index contributed by atoms with van der Waals surface area (Å²) >= 11 is 8.10. The molecule has 74 valence electrons. The average molecular weight is 274 g/mol. The third-order valence-corrected chi connectivity index (χ3v) is 2.22. The van der Waals surface area contributed by atoms with Crippen LogP contribution in [0, 0.1) is 0 Å². The Labute approximate surface area is 94.8 Å². The minimum Gasteiger partial charge on any atom is -0.389 e. The zero-order valence-electron chi connectivity index (χ0n) is 7.08. The fourth-order valence-corrected chi connectivity index (χ4v) is 1.49. The number of thiocarbonyl (C=S) groups is 1. The van der Waals surface area contributed by atoms with E-state index in [-0.39, 0.29) is 4.99 Å². The second kappa shape index (κ2) is 4.39. The molecule has 0 fully saturated rings. The topological polar surface area (TPSA) is 81.1 Å². The molecule has 1 rings (SSSR count). The maximum Gasteiger partial charge on any atom is 0.316 e. The van der Waals surface area contributed by atoms with Crippen molar-refractivity contribution in [3.63, 3.8) is 0 Å². The number of rotatable bonds is 2. The molecule has 0 aliphatic rings. The van der Waals surface area contributed by atoms with Crippen LogP contribution in [0.15, 0.2) is 22.7 Å². The Kier molecular flexibility index (Phi) is 3.43. The van der Waals surface area contributed by atoms with Crippen molar-refractivity contribution in [2.45, 2.75) is 0 Å². The molecule has 14 heavy (non-hydrogen) atoms. The summed E-state index contributed by atoms with van der Waals surface area (Å²) in [6, 6.07) is 4.49. The molecule has 0 heterocycles. The van der Waals surface area contributed by atoms with Crippen LogP contribution in [0.1, 0.15) is 5.56 Å². The number of nitrogens with one attached hydrogen (secondary N) is 1. The Bertz CT molecular complexity index is 394. The molecule has 0 saturated carbocycles. The number of anilines is 1. The van der Waals surface area contributed by atoms with Crippen LogP contribution in [-0.2, 0) is 0 Å². The van der Waals surface area contributed by atoms with Gasteiger partial charge in [0.1, 0.15) is 4.99 Å². The lowest BCUT2D eigenvalue weighted by molar-refractivity contribution is 0.259. The number of amides is 2. The highest BCUT2D eigenvalue weighted by Gasteiger charge is 2.06. The average Bonchev–Trinajstić information content (AvgIpc) is 2.07. The Morgan fingerprint density at radius 3 is 2.57 bits per heavy atom. The number of hydrogen-bond donors (Lipinski definition) is 3. The first kappa shape index (κ1) is 10.9. The first-order chi connectivity index (χ1) is 6.50. The number of primary amides is 1. The van der Waals surface area contributed by atoms with Crippen molar-refractivity contribution in [3.8, 4) is 0 Å². The maximum absolute atomic E-state index is 10.6. The number of urea groups is 1. The van der Waals surface area contributed by atoms with Crippen molar-refractivity contribution in [3.05, 3.63) is 28.2 Å². The minimum atomic E-state index is -0.648. The van der Waals surface area contributed by atoms with Gasteiger partial charge in [-0.25, -0.2) is 4.79 Å². The molecule has 0 bridgehead atoms. The lowest BCUT2D eigenvalue weighted by Gasteiger charge is -2.08. The summed E-state index contributed by atoms with van der Waals surface area (Å²) in [5, 5.41) is 2.43. The number of nitrogens with two attached hydrogens (primary N) is 2. The third-order valence-electron chi connectivity index (χ3n) is 1.50. The largest absolute Gasteiger partial charge is 0.389 e. The number of halogens is 1.